The van der Waals surface area contributed by atoms with Crippen molar-refractivity contribution in [1.82, 2.24) is 4.90 Å². The van der Waals surface area contributed by atoms with Gasteiger partial charge in [-0.3, -0.25) is 4.79 Å². The zero-order valence-electron chi connectivity index (χ0n) is 20.2. The highest BCUT2D eigenvalue weighted by molar-refractivity contribution is 5.92. The van der Waals surface area contributed by atoms with Crippen LogP contribution in [0.4, 0.5) is 0 Å². The Bertz CT molecular complexity index is 1160. The number of rotatable bonds is 11. The zero-order valence-corrected chi connectivity index (χ0v) is 20.2. The Morgan fingerprint density at radius 3 is 2.23 bits per heavy atom. The Morgan fingerprint density at radius 1 is 0.886 bits per heavy atom. The molecule has 0 aliphatic carbocycles. The largest absolute Gasteiger partial charge is 0.497 e. The van der Waals surface area contributed by atoms with Crippen LogP contribution < -0.4 is 18.9 Å². The second-order valence-corrected chi connectivity index (χ2v) is 7.72. The van der Waals surface area contributed by atoms with E-state index in [-0.39, 0.29) is 42.2 Å². The molecule has 0 saturated heterocycles. The van der Waals surface area contributed by atoms with Gasteiger partial charge in [0.05, 0.1) is 33.9 Å². The van der Waals surface area contributed by atoms with Gasteiger partial charge in [-0.15, -0.1) is 0 Å². The fourth-order valence-electron chi connectivity index (χ4n) is 3.73. The first-order chi connectivity index (χ1) is 16.9. The van der Waals surface area contributed by atoms with Gasteiger partial charge in [-0.2, -0.15) is 0 Å². The average Bonchev–Trinajstić information content (AvgIpc) is 2.90. The lowest BCUT2D eigenvalue weighted by Gasteiger charge is -2.30. The molecule has 0 fully saturated rings. The molecule has 0 aliphatic heterocycles. The molecular formula is C27H29NO7. The van der Waals surface area contributed by atoms with Gasteiger partial charge in [-0.25, -0.2) is 4.79 Å². The number of methoxy groups -OCH3 is 3. The molecule has 0 radical (unpaired) electrons. The van der Waals surface area contributed by atoms with E-state index in [1.807, 2.05) is 43.3 Å². The molecule has 3 aromatic carbocycles. The van der Waals surface area contributed by atoms with E-state index in [2.05, 4.69) is 0 Å². The predicted molar refractivity (Wildman–Crippen MR) is 130 cm³/mol. The summed E-state index contributed by atoms with van der Waals surface area (Å²) >= 11 is 0. The third kappa shape index (κ3) is 6.03. The monoisotopic (exact) mass is 479 g/mol. The quantitative estimate of drug-likeness (QED) is 0.430. The number of aromatic carboxylic acids is 1. The molecule has 0 aliphatic rings. The first kappa shape index (κ1) is 25.4. The lowest BCUT2D eigenvalue weighted by atomic mass is 10.1. The number of carboxylic acid groups (broad SMARTS) is 1. The van der Waals surface area contributed by atoms with Crippen LogP contribution in [0.1, 0.15) is 34.5 Å². The summed E-state index contributed by atoms with van der Waals surface area (Å²) < 4.78 is 21.8. The molecule has 0 heterocycles. The molecule has 1 amide bonds. The van der Waals surface area contributed by atoms with Crippen molar-refractivity contribution in [1.29, 1.82) is 0 Å². The van der Waals surface area contributed by atoms with Crippen LogP contribution in [-0.4, -0.2) is 49.8 Å². The summed E-state index contributed by atoms with van der Waals surface area (Å²) in [5.74, 6) is -0.0471. The molecule has 1 N–H and O–H groups in total. The van der Waals surface area contributed by atoms with Gasteiger partial charge in [-0.05, 0) is 36.8 Å². The molecule has 8 heteroatoms. The molecule has 184 valence electrons. The number of para-hydroxylation sites is 1. The number of ether oxygens (including phenoxy) is 4. The fraction of sp³-hybridized carbons (Fsp3) is 0.259. The molecule has 3 aromatic rings. The number of benzene rings is 3. The Hall–Kier alpha value is -4.20. The first-order valence-electron chi connectivity index (χ1n) is 11.0. The molecule has 35 heavy (non-hydrogen) atoms. The molecule has 3 rings (SSSR count). The SMILES string of the molecule is COc1ccc(CN(C(=O)COc2c(OC)cccc2C(=O)O)[C@@H](C)c2ccccc2)c(OC)c1. The van der Waals surface area contributed by atoms with E-state index >= 15 is 0 Å². The van der Waals surface area contributed by atoms with Crippen molar-refractivity contribution in [2.45, 2.75) is 19.5 Å². The van der Waals surface area contributed by atoms with Gasteiger partial charge < -0.3 is 29.0 Å². The van der Waals surface area contributed by atoms with Crippen molar-refractivity contribution in [2.24, 2.45) is 0 Å². The van der Waals surface area contributed by atoms with Crippen molar-refractivity contribution in [3.8, 4) is 23.0 Å². The van der Waals surface area contributed by atoms with Crippen molar-refractivity contribution in [3.63, 3.8) is 0 Å². The number of hydrogen-bond donors (Lipinski definition) is 1. The van der Waals surface area contributed by atoms with Crippen LogP contribution in [0.25, 0.3) is 0 Å². The number of carbonyl (C=O) groups excluding carboxylic acids is 1. The molecule has 0 spiro atoms. The average molecular weight is 480 g/mol. The summed E-state index contributed by atoms with van der Waals surface area (Å²) in [6.45, 7) is 1.79. The van der Waals surface area contributed by atoms with Crippen molar-refractivity contribution >= 4 is 11.9 Å². The molecule has 1 atom stereocenters. The minimum Gasteiger partial charge on any atom is -0.497 e. The van der Waals surface area contributed by atoms with Crippen molar-refractivity contribution in [3.05, 3.63) is 83.4 Å². The zero-order chi connectivity index (χ0) is 25.4. The molecule has 0 aromatic heterocycles. The summed E-state index contributed by atoms with van der Waals surface area (Å²) in [5, 5.41) is 9.54. The number of amides is 1. The first-order valence-corrected chi connectivity index (χ1v) is 11.0. The highest BCUT2D eigenvalue weighted by Crippen LogP contribution is 2.32. The smallest absolute Gasteiger partial charge is 0.339 e. The van der Waals surface area contributed by atoms with E-state index in [1.54, 1.807) is 43.4 Å². The summed E-state index contributed by atoms with van der Waals surface area (Å²) in [5.41, 5.74) is 1.64. The topological polar surface area (TPSA) is 94.5 Å². The van der Waals surface area contributed by atoms with E-state index in [0.717, 1.165) is 11.1 Å². The molecule has 0 bridgehead atoms. The Morgan fingerprint density at radius 2 is 1.60 bits per heavy atom. The Labute approximate surface area is 204 Å². The van der Waals surface area contributed by atoms with E-state index in [4.69, 9.17) is 18.9 Å². The highest BCUT2D eigenvalue weighted by atomic mass is 16.5. The maximum absolute atomic E-state index is 13.5. The highest BCUT2D eigenvalue weighted by Gasteiger charge is 2.25. The van der Waals surface area contributed by atoms with Crippen LogP contribution >= 0.6 is 0 Å². The minimum absolute atomic E-state index is 0.00481. The van der Waals surface area contributed by atoms with Crippen LogP contribution in [0.3, 0.4) is 0 Å². The third-order valence-electron chi connectivity index (χ3n) is 5.67. The van der Waals surface area contributed by atoms with Gasteiger partial charge >= 0.3 is 5.97 Å². The number of hydrogen-bond acceptors (Lipinski definition) is 6. The summed E-state index contributed by atoms with van der Waals surface area (Å²) in [7, 11) is 4.54. The standard InChI is InChI=1S/C27H29NO7/c1-18(19-9-6-5-7-10-19)28(16-20-13-14-21(32-2)15-24(20)34-4)25(29)17-35-26-22(27(30)31)11-8-12-23(26)33-3/h5-15,18H,16-17H2,1-4H3,(H,30,31)/t18-/m0/s1. The van der Waals surface area contributed by atoms with Crippen LogP contribution in [-0.2, 0) is 11.3 Å². The van der Waals surface area contributed by atoms with Gasteiger partial charge in [-0.1, -0.05) is 36.4 Å². The second-order valence-electron chi connectivity index (χ2n) is 7.72. The third-order valence-corrected chi connectivity index (χ3v) is 5.67. The van der Waals surface area contributed by atoms with E-state index < -0.39 is 5.97 Å². The minimum atomic E-state index is -1.18. The second kappa shape index (κ2) is 11.8. The number of nitrogens with zero attached hydrogens (tertiary/aromatic N) is 1. The lowest BCUT2D eigenvalue weighted by Crippen LogP contribution is -2.36. The van der Waals surface area contributed by atoms with Crippen LogP contribution in [0.5, 0.6) is 23.0 Å². The van der Waals surface area contributed by atoms with E-state index in [9.17, 15) is 14.7 Å². The van der Waals surface area contributed by atoms with Gasteiger partial charge in [0, 0.05) is 11.6 Å². The molecular weight excluding hydrogens is 450 g/mol. The maximum Gasteiger partial charge on any atom is 0.339 e. The van der Waals surface area contributed by atoms with Crippen LogP contribution in [0.15, 0.2) is 66.7 Å². The van der Waals surface area contributed by atoms with Crippen LogP contribution in [0.2, 0.25) is 0 Å². The van der Waals surface area contributed by atoms with Crippen molar-refractivity contribution in [2.75, 3.05) is 27.9 Å². The van der Waals surface area contributed by atoms with Gasteiger partial charge in [0.15, 0.2) is 18.1 Å². The Kier molecular flexibility index (Phi) is 8.56. The number of carboxylic acids is 1. The predicted octanol–water partition coefficient (Wildman–Crippen LogP) is 4.58. The van der Waals surface area contributed by atoms with Gasteiger partial charge in [0.2, 0.25) is 0 Å². The lowest BCUT2D eigenvalue weighted by molar-refractivity contribution is -0.136. The fourth-order valence-corrected chi connectivity index (χ4v) is 3.73. The molecule has 0 saturated carbocycles. The summed E-state index contributed by atoms with van der Waals surface area (Å²) in [6, 6.07) is 19.3. The number of carbonyl (C=O) groups is 2. The summed E-state index contributed by atoms with van der Waals surface area (Å²) in [4.78, 5) is 26.8. The van der Waals surface area contributed by atoms with E-state index in [1.165, 1.54) is 13.2 Å². The Balaban J connectivity index is 1.92. The molecule has 8 nitrogen and oxygen atoms in total. The van der Waals surface area contributed by atoms with Gasteiger partial charge in [0.25, 0.3) is 5.91 Å². The normalized spacial score (nSPS) is 11.3. The van der Waals surface area contributed by atoms with Crippen LogP contribution in [0, 0.1) is 0 Å². The maximum atomic E-state index is 13.5. The summed E-state index contributed by atoms with van der Waals surface area (Å²) in [6.07, 6.45) is 0. The van der Waals surface area contributed by atoms with Crippen molar-refractivity contribution < 1.29 is 33.6 Å². The van der Waals surface area contributed by atoms with Gasteiger partial charge in [0.1, 0.15) is 17.1 Å². The van der Waals surface area contributed by atoms with E-state index in [0.29, 0.717) is 11.5 Å². The molecule has 0 unspecified atom stereocenters.